The monoisotopic (exact) mass is 342 g/mol. The van der Waals surface area contributed by atoms with Crippen LogP contribution in [-0.4, -0.2) is 56.0 Å². The zero-order chi connectivity index (χ0) is 16.9. The first-order valence-electron chi connectivity index (χ1n) is 9.30. The molecule has 2 heterocycles. The highest BCUT2D eigenvalue weighted by molar-refractivity contribution is 5.65. The summed E-state index contributed by atoms with van der Waals surface area (Å²) in [5.41, 5.74) is 0. The predicted octanol–water partition coefficient (Wildman–Crippen LogP) is 1.88. The predicted molar refractivity (Wildman–Crippen MR) is 86.2 cm³/mol. The van der Waals surface area contributed by atoms with Gasteiger partial charge < -0.3 is 24.1 Å². The Labute approximate surface area is 143 Å². The molecule has 138 valence electrons. The molecule has 6 nitrogen and oxygen atoms in total. The van der Waals surface area contributed by atoms with Gasteiger partial charge in [-0.05, 0) is 38.0 Å². The van der Waals surface area contributed by atoms with Gasteiger partial charge in [0.25, 0.3) is 0 Å². The van der Waals surface area contributed by atoms with E-state index < -0.39 is 0 Å². The van der Waals surface area contributed by atoms with Crippen molar-refractivity contribution in [3.8, 4) is 0 Å². The molecule has 0 spiro atoms. The zero-order valence-electron chi connectivity index (χ0n) is 14.5. The molecule has 0 radical (unpaired) electrons. The van der Waals surface area contributed by atoms with Crippen molar-refractivity contribution >= 4 is 5.97 Å². The Kier molecular flexibility index (Phi) is 6.49. The molecular weight excluding hydrogens is 312 g/mol. The molecule has 3 fully saturated rings. The third kappa shape index (κ3) is 4.48. The highest BCUT2D eigenvalue weighted by atomic mass is 16.7. The number of rotatable bonds is 5. The van der Waals surface area contributed by atoms with Gasteiger partial charge in [-0.3, -0.25) is 4.79 Å². The quantitative estimate of drug-likeness (QED) is 0.769. The van der Waals surface area contributed by atoms with Crippen molar-refractivity contribution in [3.63, 3.8) is 0 Å². The molecule has 1 saturated carbocycles. The second kappa shape index (κ2) is 8.61. The van der Waals surface area contributed by atoms with Gasteiger partial charge in [0, 0.05) is 38.4 Å². The first kappa shape index (κ1) is 18.1. The molecule has 0 amide bonds. The summed E-state index contributed by atoms with van der Waals surface area (Å²) in [4.78, 5) is 11.0. The lowest BCUT2D eigenvalue weighted by Crippen LogP contribution is -2.33. The van der Waals surface area contributed by atoms with Crippen molar-refractivity contribution in [2.24, 2.45) is 17.8 Å². The fraction of sp³-hybridized carbons (Fsp3) is 0.944. The van der Waals surface area contributed by atoms with Crippen LogP contribution in [0.25, 0.3) is 0 Å². The molecule has 0 aromatic heterocycles. The largest absolute Gasteiger partial charge is 0.465 e. The summed E-state index contributed by atoms with van der Waals surface area (Å²) < 4.78 is 23.1. The fourth-order valence-electron chi connectivity index (χ4n) is 4.28. The van der Waals surface area contributed by atoms with E-state index in [-0.39, 0.29) is 42.9 Å². The second-order valence-electron chi connectivity index (χ2n) is 7.33. The van der Waals surface area contributed by atoms with Crippen LogP contribution >= 0.6 is 0 Å². The second-order valence-corrected chi connectivity index (χ2v) is 7.33. The van der Waals surface area contributed by atoms with E-state index >= 15 is 0 Å². The van der Waals surface area contributed by atoms with Crippen molar-refractivity contribution in [1.82, 2.24) is 0 Å². The third-order valence-electron chi connectivity index (χ3n) is 5.62. The van der Waals surface area contributed by atoms with E-state index in [2.05, 4.69) is 0 Å². The summed E-state index contributed by atoms with van der Waals surface area (Å²) in [5, 5.41) is 9.89. The molecule has 0 bridgehead atoms. The van der Waals surface area contributed by atoms with Crippen LogP contribution in [0.15, 0.2) is 0 Å². The van der Waals surface area contributed by atoms with Gasteiger partial charge in [-0.15, -0.1) is 0 Å². The fourth-order valence-corrected chi connectivity index (χ4v) is 4.28. The van der Waals surface area contributed by atoms with Crippen LogP contribution in [0.3, 0.4) is 0 Å². The number of fused-ring (bicyclic) bond motifs is 1. The lowest BCUT2D eigenvalue weighted by molar-refractivity contribution is -0.198. The number of hydrogen-bond donors (Lipinski definition) is 1. The summed E-state index contributed by atoms with van der Waals surface area (Å²) >= 11 is 0. The Bertz CT molecular complexity index is 408. The molecule has 0 aromatic rings. The molecule has 6 atom stereocenters. The molecular formula is C18H30O6. The summed E-state index contributed by atoms with van der Waals surface area (Å²) in [5.74, 6) is 0.424. The number of aliphatic hydroxyl groups excluding tert-OH is 1. The first-order chi connectivity index (χ1) is 11.7. The molecule has 1 aliphatic carbocycles. The molecule has 1 unspecified atom stereocenters. The van der Waals surface area contributed by atoms with Crippen molar-refractivity contribution in [3.05, 3.63) is 0 Å². The van der Waals surface area contributed by atoms with Crippen molar-refractivity contribution in [2.45, 2.75) is 63.9 Å². The van der Waals surface area contributed by atoms with Gasteiger partial charge in [0.1, 0.15) is 0 Å². The Hall–Kier alpha value is -0.690. The molecule has 6 heteroatoms. The van der Waals surface area contributed by atoms with Gasteiger partial charge in [-0.1, -0.05) is 0 Å². The average molecular weight is 342 g/mol. The number of carbonyl (C=O) groups is 1. The van der Waals surface area contributed by atoms with E-state index in [0.29, 0.717) is 19.1 Å². The Morgan fingerprint density at radius 2 is 2.08 bits per heavy atom. The van der Waals surface area contributed by atoms with Gasteiger partial charge in [0.2, 0.25) is 0 Å². The number of carbonyl (C=O) groups excluding carboxylic acids is 1. The van der Waals surface area contributed by atoms with Crippen LogP contribution in [0.5, 0.6) is 0 Å². The molecule has 0 aromatic carbocycles. The normalized spacial score (nSPS) is 39.9. The number of ether oxygens (including phenoxy) is 4. The molecule has 3 aliphatic rings. The zero-order valence-corrected chi connectivity index (χ0v) is 14.5. The maximum absolute atomic E-state index is 11.0. The Morgan fingerprint density at radius 3 is 2.79 bits per heavy atom. The van der Waals surface area contributed by atoms with Gasteiger partial charge in [-0.2, -0.15) is 0 Å². The highest BCUT2D eigenvalue weighted by Crippen LogP contribution is 2.42. The van der Waals surface area contributed by atoms with E-state index in [9.17, 15) is 9.90 Å². The van der Waals surface area contributed by atoms with Crippen LogP contribution in [0.2, 0.25) is 0 Å². The van der Waals surface area contributed by atoms with Gasteiger partial charge in [-0.25, -0.2) is 0 Å². The summed E-state index contributed by atoms with van der Waals surface area (Å²) in [6, 6.07) is 0. The van der Waals surface area contributed by atoms with E-state index in [1.54, 1.807) is 0 Å². The number of aliphatic hydroxyl groups is 1. The third-order valence-corrected chi connectivity index (χ3v) is 5.62. The lowest BCUT2D eigenvalue weighted by atomic mass is 9.88. The van der Waals surface area contributed by atoms with Crippen LogP contribution in [0, 0.1) is 17.8 Å². The summed E-state index contributed by atoms with van der Waals surface area (Å²) in [6.07, 6.45) is 5.94. The Balaban J connectivity index is 1.53. The minimum atomic E-state index is -0.242. The van der Waals surface area contributed by atoms with Gasteiger partial charge >= 0.3 is 5.97 Å². The van der Waals surface area contributed by atoms with Crippen LogP contribution in [0.1, 0.15) is 45.4 Å². The molecule has 24 heavy (non-hydrogen) atoms. The smallest absolute Gasteiger partial charge is 0.302 e. The Morgan fingerprint density at radius 1 is 1.21 bits per heavy atom. The van der Waals surface area contributed by atoms with E-state index in [1.165, 1.54) is 6.92 Å². The van der Waals surface area contributed by atoms with Crippen molar-refractivity contribution in [2.75, 3.05) is 26.4 Å². The topological polar surface area (TPSA) is 74.2 Å². The standard InChI is InChI=1S/C18H30O6/c1-12(20)22-10-13-5-6-14-15(9-19)17(8-16(14)23-11-13)24-18-4-2-3-7-21-18/h13-19H,2-11H2,1H3/t13-,14-,15-,16+,17-,18?/m1/s1. The lowest BCUT2D eigenvalue weighted by Gasteiger charge is -2.29. The van der Waals surface area contributed by atoms with E-state index in [4.69, 9.17) is 18.9 Å². The number of hydrogen-bond acceptors (Lipinski definition) is 6. The maximum atomic E-state index is 11.0. The molecule has 2 aliphatic heterocycles. The molecule has 2 saturated heterocycles. The summed E-state index contributed by atoms with van der Waals surface area (Å²) in [7, 11) is 0. The van der Waals surface area contributed by atoms with Crippen LogP contribution < -0.4 is 0 Å². The van der Waals surface area contributed by atoms with Crippen LogP contribution in [-0.2, 0) is 23.7 Å². The average Bonchev–Trinajstić information content (AvgIpc) is 2.78. The van der Waals surface area contributed by atoms with Crippen molar-refractivity contribution < 1.29 is 28.8 Å². The minimum Gasteiger partial charge on any atom is -0.465 e. The first-order valence-corrected chi connectivity index (χ1v) is 9.30. The highest BCUT2D eigenvalue weighted by Gasteiger charge is 2.46. The summed E-state index contributed by atoms with van der Waals surface area (Å²) in [6.45, 7) is 3.36. The van der Waals surface area contributed by atoms with Gasteiger partial charge in [0.05, 0.1) is 25.4 Å². The SMILES string of the molecule is CC(=O)OC[C@H]1CC[C@@H]2[C@@H](CO)[C@H](OC3CCCCO3)C[C@@H]2OC1. The van der Waals surface area contributed by atoms with Crippen molar-refractivity contribution in [1.29, 1.82) is 0 Å². The minimum absolute atomic E-state index is 0.0121. The number of esters is 1. The van der Waals surface area contributed by atoms with Gasteiger partial charge in [0.15, 0.2) is 6.29 Å². The molecule has 3 rings (SSSR count). The van der Waals surface area contributed by atoms with E-state index in [1.807, 2.05) is 0 Å². The van der Waals surface area contributed by atoms with E-state index in [0.717, 1.165) is 45.1 Å². The maximum Gasteiger partial charge on any atom is 0.302 e. The van der Waals surface area contributed by atoms with Crippen LogP contribution in [0.4, 0.5) is 0 Å². The molecule has 1 N–H and O–H groups in total.